The summed E-state index contributed by atoms with van der Waals surface area (Å²) >= 11 is 1.24. The second-order valence-corrected chi connectivity index (χ2v) is 7.05. The van der Waals surface area contributed by atoms with E-state index in [9.17, 15) is 19.7 Å². The molecule has 154 valence electrons. The van der Waals surface area contributed by atoms with Crippen molar-refractivity contribution in [2.24, 2.45) is 0 Å². The Balaban J connectivity index is 1.56. The summed E-state index contributed by atoms with van der Waals surface area (Å²) < 4.78 is 5.14. The van der Waals surface area contributed by atoms with E-state index in [1.807, 2.05) is 30.3 Å². The Hall–Kier alpha value is -3.79. The molecule has 3 aromatic rings. The molecule has 0 saturated carbocycles. The molecule has 0 aliphatic carbocycles. The molecule has 0 bridgehead atoms. The number of nitro benzene ring substituents is 1. The first-order valence-corrected chi connectivity index (χ1v) is 9.80. The number of para-hydroxylation sites is 2. The predicted octanol–water partition coefficient (Wildman–Crippen LogP) is 3.85. The Morgan fingerprint density at radius 1 is 1.17 bits per heavy atom. The number of thiazole rings is 1. The number of nitrogens with one attached hydrogen (secondary N) is 2. The van der Waals surface area contributed by atoms with Crippen molar-refractivity contribution in [1.82, 2.24) is 4.98 Å². The second kappa shape index (κ2) is 9.61. The molecule has 0 saturated heterocycles. The summed E-state index contributed by atoms with van der Waals surface area (Å²) in [5.41, 5.74) is 0.910. The number of nitrogens with zero attached hydrogens (tertiary/aromatic N) is 2. The van der Waals surface area contributed by atoms with E-state index in [2.05, 4.69) is 15.6 Å². The Morgan fingerprint density at radius 3 is 2.60 bits per heavy atom. The SMILES string of the molecule is CC(OC(=O)c1csc(NCc2ccccc2)n1)C(=O)Nc1ccccc1[N+](=O)[O-]. The van der Waals surface area contributed by atoms with Crippen molar-refractivity contribution in [2.45, 2.75) is 19.6 Å². The molecule has 0 aliphatic rings. The molecule has 0 radical (unpaired) electrons. The summed E-state index contributed by atoms with van der Waals surface area (Å²) in [5.74, 6) is -1.44. The van der Waals surface area contributed by atoms with Crippen LogP contribution in [-0.2, 0) is 16.1 Å². The molecular weight excluding hydrogens is 408 g/mol. The van der Waals surface area contributed by atoms with E-state index in [1.165, 1.54) is 41.8 Å². The van der Waals surface area contributed by atoms with Crippen molar-refractivity contribution < 1.29 is 19.2 Å². The zero-order valence-electron chi connectivity index (χ0n) is 15.9. The van der Waals surface area contributed by atoms with Gasteiger partial charge in [-0.25, -0.2) is 9.78 Å². The molecule has 1 unspecified atom stereocenters. The lowest BCUT2D eigenvalue weighted by Crippen LogP contribution is -2.30. The number of hydrogen-bond acceptors (Lipinski definition) is 8. The summed E-state index contributed by atoms with van der Waals surface area (Å²) in [7, 11) is 0. The first-order chi connectivity index (χ1) is 14.4. The highest BCUT2D eigenvalue weighted by Gasteiger charge is 2.23. The Morgan fingerprint density at radius 2 is 1.87 bits per heavy atom. The van der Waals surface area contributed by atoms with Gasteiger partial charge < -0.3 is 15.4 Å². The van der Waals surface area contributed by atoms with Gasteiger partial charge in [-0.2, -0.15) is 0 Å². The van der Waals surface area contributed by atoms with Gasteiger partial charge in [0.25, 0.3) is 11.6 Å². The van der Waals surface area contributed by atoms with Crippen LogP contribution in [0, 0.1) is 10.1 Å². The van der Waals surface area contributed by atoms with Crippen LogP contribution in [0.5, 0.6) is 0 Å². The highest BCUT2D eigenvalue weighted by atomic mass is 32.1. The van der Waals surface area contributed by atoms with E-state index in [1.54, 1.807) is 6.07 Å². The Kier molecular flexibility index (Phi) is 6.71. The van der Waals surface area contributed by atoms with Crippen LogP contribution < -0.4 is 10.6 Å². The van der Waals surface area contributed by atoms with Crippen LogP contribution in [0.2, 0.25) is 0 Å². The Labute approximate surface area is 175 Å². The number of benzene rings is 2. The zero-order chi connectivity index (χ0) is 21.5. The number of hydrogen-bond donors (Lipinski definition) is 2. The molecule has 1 atom stereocenters. The minimum atomic E-state index is -1.17. The monoisotopic (exact) mass is 426 g/mol. The van der Waals surface area contributed by atoms with Gasteiger partial charge in [-0.15, -0.1) is 11.3 Å². The molecule has 9 nitrogen and oxygen atoms in total. The summed E-state index contributed by atoms with van der Waals surface area (Å²) in [6.45, 7) is 1.93. The number of ether oxygens (including phenoxy) is 1. The number of anilines is 2. The topological polar surface area (TPSA) is 123 Å². The maximum atomic E-state index is 12.3. The summed E-state index contributed by atoms with van der Waals surface area (Å²) in [6, 6.07) is 15.4. The molecule has 0 aliphatic heterocycles. The summed E-state index contributed by atoms with van der Waals surface area (Å²) in [5, 5.41) is 18.6. The van der Waals surface area contributed by atoms with Crippen molar-refractivity contribution in [2.75, 3.05) is 10.6 Å². The predicted molar refractivity (Wildman–Crippen MR) is 112 cm³/mol. The van der Waals surface area contributed by atoms with Gasteiger partial charge in [0.05, 0.1) is 4.92 Å². The number of nitro groups is 1. The van der Waals surface area contributed by atoms with Gasteiger partial charge in [-0.1, -0.05) is 42.5 Å². The van der Waals surface area contributed by atoms with Crippen molar-refractivity contribution in [3.8, 4) is 0 Å². The van der Waals surface area contributed by atoms with Crippen LogP contribution in [0.15, 0.2) is 60.0 Å². The van der Waals surface area contributed by atoms with Crippen LogP contribution in [-0.4, -0.2) is 27.9 Å². The van der Waals surface area contributed by atoms with Crippen LogP contribution in [0.25, 0.3) is 0 Å². The van der Waals surface area contributed by atoms with Gasteiger partial charge in [0.2, 0.25) is 0 Å². The highest BCUT2D eigenvalue weighted by Crippen LogP contribution is 2.23. The largest absolute Gasteiger partial charge is 0.448 e. The fraction of sp³-hybridized carbons (Fsp3) is 0.150. The molecule has 2 N–H and O–H groups in total. The average molecular weight is 426 g/mol. The molecule has 30 heavy (non-hydrogen) atoms. The van der Waals surface area contributed by atoms with Gasteiger partial charge in [0.1, 0.15) is 5.69 Å². The third-order valence-corrected chi connectivity index (χ3v) is 4.81. The average Bonchev–Trinajstić information content (AvgIpc) is 3.22. The number of rotatable bonds is 8. The number of carbonyl (C=O) groups excluding carboxylic acids is 2. The van der Waals surface area contributed by atoms with E-state index in [-0.39, 0.29) is 17.1 Å². The molecule has 10 heteroatoms. The van der Waals surface area contributed by atoms with Crippen molar-refractivity contribution in [3.63, 3.8) is 0 Å². The van der Waals surface area contributed by atoms with Gasteiger partial charge in [-0.3, -0.25) is 14.9 Å². The molecule has 2 aromatic carbocycles. The lowest BCUT2D eigenvalue weighted by Gasteiger charge is -2.12. The third-order valence-electron chi connectivity index (χ3n) is 4.01. The lowest BCUT2D eigenvalue weighted by atomic mass is 10.2. The zero-order valence-corrected chi connectivity index (χ0v) is 16.7. The number of amides is 1. The minimum absolute atomic E-state index is 0.0245. The van der Waals surface area contributed by atoms with E-state index in [0.29, 0.717) is 11.7 Å². The minimum Gasteiger partial charge on any atom is -0.448 e. The summed E-state index contributed by atoms with van der Waals surface area (Å²) in [6.07, 6.45) is -1.17. The van der Waals surface area contributed by atoms with E-state index in [4.69, 9.17) is 4.74 Å². The maximum absolute atomic E-state index is 12.3. The van der Waals surface area contributed by atoms with Gasteiger partial charge in [0.15, 0.2) is 16.9 Å². The first-order valence-electron chi connectivity index (χ1n) is 8.92. The van der Waals surface area contributed by atoms with Crippen LogP contribution in [0.1, 0.15) is 23.0 Å². The van der Waals surface area contributed by atoms with E-state index >= 15 is 0 Å². The summed E-state index contributed by atoms with van der Waals surface area (Å²) in [4.78, 5) is 39.2. The standard InChI is InChI=1S/C20H18N4O5S/c1-13(18(25)22-15-9-5-6-10-17(15)24(27)28)29-19(26)16-12-30-20(23-16)21-11-14-7-3-2-4-8-14/h2-10,12-13H,11H2,1H3,(H,21,23)(H,22,25). The third kappa shape index (κ3) is 5.39. The molecule has 3 rings (SSSR count). The van der Waals surface area contributed by atoms with Gasteiger partial charge >= 0.3 is 5.97 Å². The smallest absolute Gasteiger partial charge is 0.358 e. The quantitative estimate of drug-likeness (QED) is 0.318. The van der Waals surface area contributed by atoms with E-state index in [0.717, 1.165) is 5.56 Å². The molecule has 0 fully saturated rings. The van der Waals surface area contributed by atoms with Crippen molar-refractivity contribution in [3.05, 3.63) is 81.3 Å². The first kappa shape index (κ1) is 20.9. The van der Waals surface area contributed by atoms with Crippen LogP contribution in [0.3, 0.4) is 0 Å². The lowest BCUT2D eigenvalue weighted by molar-refractivity contribution is -0.383. The maximum Gasteiger partial charge on any atom is 0.358 e. The molecular formula is C20H18N4O5S. The molecule has 0 spiro atoms. The fourth-order valence-electron chi connectivity index (χ4n) is 2.47. The van der Waals surface area contributed by atoms with Crippen LogP contribution in [0.4, 0.5) is 16.5 Å². The van der Waals surface area contributed by atoms with Crippen LogP contribution >= 0.6 is 11.3 Å². The normalized spacial score (nSPS) is 11.4. The van der Waals surface area contributed by atoms with Gasteiger partial charge in [-0.05, 0) is 18.6 Å². The molecule has 1 amide bonds. The Bertz CT molecular complexity index is 1050. The molecule has 1 aromatic heterocycles. The van der Waals surface area contributed by atoms with Crippen molar-refractivity contribution in [1.29, 1.82) is 0 Å². The number of esters is 1. The van der Waals surface area contributed by atoms with E-state index < -0.39 is 22.9 Å². The molecule has 1 heterocycles. The second-order valence-electron chi connectivity index (χ2n) is 6.19. The number of carbonyl (C=O) groups is 2. The fourth-order valence-corrected chi connectivity index (χ4v) is 3.15. The van der Waals surface area contributed by atoms with Crippen molar-refractivity contribution >= 4 is 39.7 Å². The number of aromatic nitrogens is 1. The van der Waals surface area contributed by atoms with Gasteiger partial charge in [0, 0.05) is 18.0 Å². The highest BCUT2D eigenvalue weighted by molar-refractivity contribution is 7.13.